The second-order valence-electron chi connectivity index (χ2n) is 5.38. The molecule has 0 amide bonds. The molecule has 0 bridgehead atoms. The van der Waals surface area contributed by atoms with Gasteiger partial charge in [0.15, 0.2) is 0 Å². The largest absolute Gasteiger partial charge is 0.316 e. The summed E-state index contributed by atoms with van der Waals surface area (Å²) >= 11 is 0. The molecule has 0 radical (unpaired) electrons. The van der Waals surface area contributed by atoms with E-state index in [0.717, 1.165) is 18.9 Å². The standard InChI is InChI=1S/C16H26N2/c1-2-3-14-4-6-15(7-5-14)8-10-17-12-16-9-11-18-13-16/h4-7,16-18H,2-3,8-13H2,1H3. The predicted octanol–water partition coefficient (Wildman–Crippen LogP) is 2.38. The molecule has 1 fully saturated rings. The highest BCUT2D eigenvalue weighted by molar-refractivity contribution is 5.22. The van der Waals surface area contributed by atoms with E-state index in [1.807, 2.05) is 0 Å². The van der Waals surface area contributed by atoms with Gasteiger partial charge in [0.1, 0.15) is 0 Å². The van der Waals surface area contributed by atoms with Crippen LogP contribution in [0.2, 0.25) is 0 Å². The maximum atomic E-state index is 3.58. The number of benzene rings is 1. The maximum absolute atomic E-state index is 3.58. The molecule has 0 aliphatic carbocycles. The summed E-state index contributed by atoms with van der Waals surface area (Å²) in [6.45, 7) is 6.89. The first kappa shape index (κ1) is 13.6. The lowest BCUT2D eigenvalue weighted by Gasteiger charge is -2.10. The zero-order valence-electron chi connectivity index (χ0n) is 11.5. The number of rotatable bonds is 7. The van der Waals surface area contributed by atoms with E-state index in [4.69, 9.17) is 0 Å². The average Bonchev–Trinajstić information content (AvgIpc) is 2.90. The van der Waals surface area contributed by atoms with Gasteiger partial charge >= 0.3 is 0 Å². The lowest BCUT2D eigenvalue weighted by molar-refractivity contribution is 0.515. The zero-order chi connectivity index (χ0) is 12.6. The van der Waals surface area contributed by atoms with E-state index in [2.05, 4.69) is 41.8 Å². The van der Waals surface area contributed by atoms with Gasteiger partial charge in [-0.05, 0) is 62.5 Å². The number of hydrogen-bond donors (Lipinski definition) is 2. The highest BCUT2D eigenvalue weighted by Crippen LogP contribution is 2.08. The predicted molar refractivity (Wildman–Crippen MR) is 78.0 cm³/mol. The first-order valence-corrected chi connectivity index (χ1v) is 7.37. The lowest BCUT2D eigenvalue weighted by Crippen LogP contribution is -2.26. The summed E-state index contributed by atoms with van der Waals surface area (Å²) in [5.74, 6) is 0.844. The molecule has 1 aliphatic rings. The summed E-state index contributed by atoms with van der Waals surface area (Å²) < 4.78 is 0. The Balaban J connectivity index is 1.63. The summed E-state index contributed by atoms with van der Waals surface area (Å²) in [6.07, 6.45) is 4.91. The smallest absolute Gasteiger partial charge is 0.000777 e. The minimum Gasteiger partial charge on any atom is -0.316 e. The molecule has 0 aromatic heterocycles. The fourth-order valence-electron chi connectivity index (χ4n) is 2.59. The Labute approximate surface area is 111 Å². The van der Waals surface area contributed by atoms with Crippen LogP contribution in [0.15, 0.2) is 24.3 Å². The van der Waals surface area contributed by atoms with Crippen molar-refractivity contribution in [3.8, 4) is 0 Å². The lowest BCUT2D eigenvalue weighted by atomic mass is 10.1. The van der Waals surface area contributed by atoms with Crippen LogP contribution >= 0.6 is 0 Å². The molecule has 1 aliphatic heterocycles. The Kier molecular flexibility index (Phi) is 5.69. The first-order valence-electron chi connectivity index (χ1n) is 7.37. The molecule has 0 saturated carbocycles. The van der Waals surface area contributed by atoms with Crippen molar-refractivity contribution in [3.63, 3.8) is 0 Å². The van der Waals surface area contributed by atoms with Gasteiger partial charge < -0.3 is 10.6 Å². The van der Waals surface area contributed by atoms with E-state index < -0.39 is 0 Å². The van der Waals surface area contributed by atoms with Gasteiger partial charge in [0.2, 0.25) is 0 Å². The molecule has 2 rings (SSSR count). The van der Waals surface area contributed by atoms with Crippen molar-refractivity contribution in [2.45, 2.75) is 32.6 Å². The summed E-state index contributed by atoms with van der Waals surface area (Å²) in [6, 6.07) is 9.12. The van der Waals surface area contributed by atoms with Crippen molar-refractivity contribution in [1.82, 2.24) is 10.6 Å². The molecule has 1 atom stereocenters. The normalized spacial score (nSPS) is 19.3. The van der Waals surface area contributed by atoms with Crippen molar-refractivity contribution in [3.05, 3.63) is 35.4 Å². The van der Waals surface area contributed by atoms with Crippen molar-refractivity contribution >= 4 is 0 Å². The molecule has 0 spiro atoms. The van der Waals surface area contributed by atoms with Gasteiger partial charge in [0.05, 0.1) is 0 Å². The fraction of sp³-hybridized carbons (Fsp3) is 0.625. The Morgan fingerprint density at radius 2 is 1.89 bits per heavy atom. The van der Waals surface area contributed by atoms with E-state index in [9.17, 15) is 0 Å². The van der Waals surface area contributed by atoms with Gasteiger partial charge in [-0.25, -0.2) is 0 Å². The third-order valence-electron chi connectivity index (χ3n) is 3.75. The van der Waals surface area contributed by atoms with Gasteiger partial charge in [-0.1, -0.05) is 37.6 Å². The molecule has 2 N–H and O–H groups in total. The van der Waals surface area contributed by atoms with Crippen LogP contribution < -0.4 is 10.6 Å². The highest BCUT2D eigenvalue weighted by Gasteiger charge is 2.12. The highest BCUT2D eigenvalue weighted by atomic mass is 14.9. The number of hydrogen-bond acceptors (Lipinski definition) is 2. The summed E-state index contributed by atoms with van der Waals surface area (Å²) in [4.78, 5) is 0. The van der Waals surface area contributed by atoms with E-state index in [1.165, 1.54) is 50.0 Å². The molecule has 1 aromatic carbocycles. The third-order valence-corrected chi connectivity index (χ3v) is 3.75. The Morgan fingerprint density at radius 1 is 1.17 bits per heavy atom. The molecular weight excluding hydrogens is 220 g/mol. The molecule has 1 unspecified atom stereocenters. The van der Waals surface area contributed by atoms with Crippen LogP contribution in [0.25, 0.3) is 0 Å². The SMILES string of the molecule is CCCc1ccc(CCNCC2CCNC2)cc1. The van der Waals surface area contributed by atoms with E-state index >= 15 is 0 Å². The van der Waals surface area contributed by atoms with E-state index in [0.29, 0.717) is 0 Å². The van der Waals surface area contributed by atoms with Crippen LogP contribution in [0.5, 0.6) is 0 Å². The van der Waals surface area contributed by atoms with Crippen LogP contribution in [-0.2, 0) is 12.8 Å². The summed E-state index contributed by atoms with van der Waals surface area (Å²) in [7, 11) is 0. The van der Waals surface area contributed by atoms with Gasteiger partial charge in [-0.3, -0.25) is 0 Å². The molecular formula is C16H26N2. The summed E-state index contributed by atoms with van der Waals surface area (Å²) in [5.41, 5.74) is 2.91. The molecule has 18 heavy (non-hydrogen) atoms. The van der Waals surface area contributed by atoms with Crippen LogP contribution in [0.3, 0.4) is 0 Å². The van der Waals surface area contributed by atoms with Crippen molar-refractivity contribution in [2.24, 2.45) is 5.92 Å². The van der Waals surface area contributed by atoms with Crippen LogP contribution in [0.4, 0.5) is 0 Å². The van der Waals surface area contributed by atoms with E-state index in [-0.39, 0.29) is 0 Å². The molecule has 100 valence electrons. The fourth-order valence-corrected chi connectivity index (χ4v) is 2.59. The van der Waals surface area contributed by atoms with Gasteiger partial charge in [0.25, 0.3) is 0 Å². The van der Waals surface area contributed by atoms with Crippen molar-refractivity contribution in [2.75, 3.05) is 26.2 Å². The minimum atomic E-state index is 0.844. The second-order valence-corrected chi connectivity index (χ2v) is 5.38. The van der Waals surface area contributed by atoms with Crippen molar-refractivity contribution < 1.29 is 0 Å². The minimum absolute atomic E-state index is 0.844. The second kappa shape index (κ2) is 7.55. The average molecular weight is 246 g/mol. The summed E-state index contributed by atoms with van der Waals surface area (Å²) in [5, 5.41) is 6.98. The number of aryl methyl sites for hydroxylation is 1. The van der Waals surface area contributed by atoms with Gasteiger partial charge in [-0.2, -0.15) is 0 Å². The molecule has 2 nitrogen and oxygen atoms in total. The van der Waals surface area contributed by atoms with Crippen LogP contribution in [-0.4, -0.2) is 26.2 Å². The van der Waals surface area contributed by atoms with E-state index in [1.54, 1.807) is 0 Å². The Morgan fingerprint density at radius 3 is 2.50 bits per heavy atom. The third kappa shape index (κ3) is 4.43. The van der Waals surface area contributed by atoms with Crippen LogP contribution in [0, 0.1) is 5.92 Å². The Hall–Kier alpha value is -0.860. The monoisotopic (exact) mass is 246 g/mol. The zero-order valence-corrected chi connectivity index (χ0v) is 11.5. The first-order chi connectivity index (χ1) is 8.88. The maximum Gasteiger partial charge on any atom is -0.000777 e. The molecule has 1 heterocycles. The van der Waals surface area contributed by atoms with Gasteiger partial charge in [-0.15, -0.1) is 0 Å². The Bertz CT molecular complexity index is 325. The molecule has 1 aromatic rings. The van der Waals surface area contributed by atoms with Crippen LogP contribution in [0.1, 0.15) is 30.9 Å². The quantitative estimate of drug-likeness (QED) is 0.722. The molecule has 1 saturated heterocycles. The van der Waals surface area contributed by atoms with Gasteiger partial charge in [0, 0.05) is 0 Å². The number of nitrogens with one attached hydrogen (secondary N) is 2. The topological polar surface area (TPSA) is 24.1 Å². The molecule has 2 heteroatoms. The van der Waals surface area contributed by atoms with Crippen molar-refractivity contribution in [1.29, 1.82) is 0 Å².